The molecule has 0 saturated carbocycles. The van der Waals surface area contributed by atoms with Crippen LogP contribution in [0.15, 0.2) is 36.7 Å². The zero-order valence-electron chi connectivity index (χ0n) is 11.9. The summed E-state index contributed by atoms with van der Waals surface area (Å²) in [6.07, 6.45) is 3.93. The van der Waals surface area contributed by atoms with Crippen LogP contribution in [0, 0.1) is 0 Å². The molecule has 102 valence electrons. The molecule has 4 nitrogen and oxygen atoms in total. The molecule has 2 aromatic rings. The van der Waals surface area contributed by atoms with Gasteiger partial charge in [0.05, 0.1) is 13.3 Å². The average molecular weight is 259 g/mol. The molecule has 0 amide bonds. The first-order valence-electron chi connectivity index (χ1n) is 6.49. The van der Waals surface area contributed by atoms with E-state index in [2.05, 4.69) is 30.3 Å². The molecule has 0 saturated heterocycles. The molecule has 19 heavy (non-hydrogen) atoms. The van der Waals surface area contributed by atoms with Crippen molar-refractivity contribution >= 4 is 0 Å². The van der Waals surface area contributed by atoms with Gasteiger partial charge < -0.3 is 10.1 Å². The van der Waals surface area contributed by atoms with Crippen molar-refractivity contribution in [3.63, 3.8) is 0 Å². The molecule has 4 heteroatoms. The topological polar surface area (TPSA) is 39.1 Å². The van der Waals surface area contributed by atoms with Crippen LogP contribution >= 0.6 is 0 Å². The number of hydrogen-bond acceptors (Lipinski definition) is 3. The first-order valence-corrected chi connectivity index (χ1v) is 6.49. The van der Waals surface area contributed by atoms with Crippen LogP contribution in [0.25, 0.3) is 0 Å². The number of methoxy groups -OCH3 is 1. The van der Waals surface area contributed by atoms with Crippen molar-refractivity contribution in [3.05, 3.63) is 47.8 Å². The first kappa shape index (κ1) is 13.6. The molecular formula is C15H21N3O. The third-order valence-corrected chi connectivity index (χ3v) is 3.33. The van der Waals surface area contributed by atoms with E-state index in [-0.39, 0.29) is 12.1 Å². The Morgan fingerprint density at radius 3 is 2.58 bits per heavy atom. The number of benzene rings is 1. The SMILES string of the molecule is COc1ccccc1[C@@H](C)NC(C)c1cnn(C)c1. The van der Waals surface area contributed by atoms with E-state index in [4.69, 9.17) is 4.74 Å². The normalized spacial score (nSPS) is 14.1. The number of aryl methyl sites for hydroxylation is 1. The molecule has 0 spiro atoms. The third kappa shape index (κ3) is 3.15. The van der Waals surface area contributed by atoms with Gasteiger partial charge in [-0.05, 0) is 19.9 Å². The Labute approximate surface area is 114 Å². The van der Waals surface area contributed by atoms with Crippen molar-refractivity contribution in [1.82, 2.24) is 15.1 Å². The molecule has 2 rings (SSSR count). The van der Waals surface area contributed by atoms with Gasteiger partial charge in [-0.15, -0.1) is 0 Å². The molecule has 0 fully saturated rings. The zero-order chi connectivity index (χ0) is 13.8. The van der Waals surface area contributed by atoms with Gasteiger partial charge in [0.2, 0.25) is 0 Å². The second kappa shape index (κ2) is 5.89. The van der Waals surface area contributed by atoms with Crippen molar-refractivity contribution in [2.45, 2.75) is 25.9 Å². The Morgan fingerprint density at radius 1 is 1.21 bits per heavy atom. The maximum atomic E-state index is 5.40. The maximum Gasteiger partial charge on any atom is 0.123 e. The lowest BCUT2D eigenvalue weighted by molar-refractivity contribution is 0.396. The van der Waals surface area contributed by atoms with Gasteiger partial charge in [0, 0.05) is 36.5 Å². The van der Waals surface area contributed by atoms with Crippen molar-refractivity contribution in [1.29, 1.82) is 0 Å². The van der Waals surface area contributed by atoms with Crippen LogP contribution in [-0.4, -0.2) is 16.9 Å². The van der Waals surface area contributed by atoms with Crippen LogP contribution in [0.4, 0.5) is 0 Å². The summed E-state index contributed by atoms with van der Waals surface area (Å²) in [6, 6.07) is 8.55. The summed E-state index contributed by atoms with van der Waals surface area (Å²) in [6.45, 7) is 4.29. The molecule has 1 N–H and O–H groups in total. The second-order valence-corrected chi connectivity index (χ2v) is 4.80. The van der Waals surface area contributed by atoms with Crippen molar-refractivity contribution in [2.75, 3.05) is 7.11 Å². The third-order valence-electron chi connectivity index (χ3n) is 3.33. The Balaban J connectivity index is 2.10. The predicted octanol–water partition coefficient (Wildman–Crippen LogP) is 2.84. The fraction of sp³-hybridized carbons (Fsp3) is 0.400. The highest BCUT2D eigenvalue weighted by Crippen LogP contribution is 2.26. The molecule has 0 radical (unpaired) electrons. The van der Waals surface area contributed by atoms with Crippen molar-refractivity contribution in [2.24, 2.45) is 7.05 Å². The van der Waals surface area contributed by atoms with Crippen LogP contribution in [0.3, 0.4) is 0 Å². The van der Waals surface area contributed by atoms with E-state index in [1.807, 2.05) is 42.3 Å². The Bertz CT molecular complexity index is 536. The monoisotopic (exact) mass is 259 g/mol. The van der Waals surface area contributed by atoms with Gasteiger partial charge in [-0.3, -0.25) is 4.68 Å². The summed E-state index contributed by atoms with van der Waals surface area (Å²) in [5, 5.41) is 7.77. The van der Waals surface area contributed by atoms with E-state index < -0.39 is 0 Å². The van der Waals surface area contributed by atoms with Gasteiger partial charge in [0.15, 0.2) is 0 Å². The lowest BCUT2D eigenvalue weighted by Gasteiger charge is -2.21. The molecular weight excluding hydrogens is 238 g/mol. The van der Waals surface area contributed by atoms with Gasteiger partial charge in [-0.1, -0.05) is 18.2 Å². The van der Waals surface area contributed by atoms with E-state index in [0.717, 1.165) is 5.75 Å². The summed E-state index contributed by atoms with van der Waals surface area (Å²) in [5.41, 5.74) is 2.35. The number of nitrogens with one attached hydrogen (secondary N) is 1. The van der Waals surface area contributed by atoms with Gasteiger partial charge in [-0.25, -0.2) is 0 Å². The van der Waals surface area contributed by atoms with E-state index in [0.29, 0.717) is 0 Å². The lowest BCUT2D eigenvalue weighted by atomic mass is 10.1. The minimum Gasteiger partial charge on any atom is -0.496 e. The Kier molecular flexibility index (Phi) is 4.22. The Morgan fingerprint density at radius 2 is 1.95 bits per heavy atom. The number of ether oxygens (including phenoxy) is 1. The predicted molar refractivity (Wildman–Crippen MR) is 76.2 cm³/mol. The first-order chi connectivity index (χ1) is 9.11. The van der Waals surface area contributed by atoms with Crippen LogP contribution < -0.4 is 10.1 Å². The largest absolute Gasteiger partial charge is 0.496 e. The Hall–Kier alpha value is -1.81. The molecule has 2 atom stereocenters. The fourth-order valence-corrected chi connectivity index (χ4v) is 2.25. The molecule has 1 aromatic heterocycles. The molecule has 1 heterocycles. The van der Waals surface area contributed by atoms with Gasteiger partial charge in [-0.2, -0.15) is 5.10 Å². The van der Waals surface area contributed by atoms with Crippen LogP contribution in [0.1, 0.15) is 37.1 Å². The molecule has 0 bridgehead atoms. The number of hydrogen-bond donors (Lipinski definition) is 1. The summed E-state index contributed by atoms with van der Waals surface area (Å²) in [5.74, 6) is 0.917. The van der Waals surface area contributed by atoms with Gasteiger partial charge in [0.25, 0.3) is 0 Å². The second-order valence-electron chi connectivity index (χ2n) is 4.80. The highest BCUT2D eigenvalue weighted by Gasteiger charge is 2.15. The fourth-order valence-electron chi connectivity index (χ4n) is 2.25. The van der Waals surface area contributed by atoms with Crippen LogP contribution in [0.2, 0.25) is 0 Å². The van der Waals surface area contributed by atoms with E-state index in [1.165, 1.54) is 11.1 Å². The minimum atomic E-state index is 0.214. The number of para-hydroxylation sites is 1. The smallest absolute Gasteiger partial charge is 0.123 e. The lowest BCUT2D eigenvalue weighted by Crippen LogP contribution is -2.22. The summed E-state index contributed by atoms with van der Waals surface area (Å²) >= 11 is 0. The van der Waals surface area contributed by atoms with Crippen LogP contribution in [-0.2, 0) is 7.05 Å². The van der Waals surface area contributed by atoms with Gasteiger partial charge in [0.1, 0.15) is 5.75 Å². The van der Waals surface area contributed by atoms with Crippen molar-refractivity contribution in [3.8, 4) is 5.75 Å². The van der Waals surface area contributed by atoms with E-state index in [9.17, 15) is 0 Å². The summed E-state index contributed by atoms with van der Waals surface area (Å²) < 4.78 is 7.22. The molecule has 0 aliphatic carbocycles. The maximum absolute atomic E-state index is 5.40. The quantitative estimate of drug-likeness (QED) is 0.897. The summed E-state index contributed by atoms with van der Waals surface area (Å²) in [4.78, 5) is 0. The minimum absolute atomic E-state index is 0.214. The van der Waals surface area contributed by atoms with Crippen molar-refractivity contribution < 1.29 is 4.74 Å². The van der Waals surface area contributed by atoms with E-state index >= 15 is 0 Å². The molecule has 0 aliphatic rings. The highest BCUT2D eigenvalue weighted by molar-refractivity contribution is 5.35. The standard InChI is InChI=1S/C15H21N3O/c1-11(13-9-16-18(3)10-13)17-12(2)14-7-5-6-8-15(14)19-4/h5-12,17H,1-4H3/t11?,12-/m1/s1. The number of aromatic nitrogens is 2. The molecule has 0 aliphatic heterocycles. The zero-order valence-corrected chi connectivity index (χ0v) is 11.9. The van der Waals surface area contributed by atoms with E-state index in [1.54, 1.807) is 7.11 Å². The number of rotatable bonds is 5. The van der Waals surface area contributed by atoms with Gasteiger partial charge >= 0.3 is 0 Å². The highest BCUT2D eigenvalue weighted by atomic mass is 16.5. The number of nitrogens with zero attached hydrogens (tertiary/aromatic N) is 2. The average Bonchev–Trinajstić information content (AvgIpc) is 2.85. The molecule has 1 unspecified atom stereocenters. The molecule has 1 aromatic carbocycles. The summed E-state index contributed by atoms with van der Waals surface area (Å²) in [7, 11) is 3.63. The van der Waals surface area contributed by atoms with Crippen LogP contribution in [0.5, 0.6) is 5.75 Å².